The van der Waals surface area contributed by atoms with E-state index in [9.17, 15) is 13.2 Å². The molecule has 1 aliphatic carbocycles. The van der Waals surface area contributed by atoms with E-state index < -0.39 is 15.6 Å². The normalized spacial score (nSPS) is 29.1. The number of carbonyl (C=O) groups excluding carboxylic acids is 1. The molecular formula is C20H29Cl2N3O3S. The van der Waals surface area contributed by atoms with Gasteiger partial charge < -0.3 is 5.32 Å². The summed E-state index contributed by atoms with van der Waals surface area (Å²) in [6, 6.07) is 9.08. The molecule has 3 unspecified atom stereocenters. The molecule has 0 bridgehead atoms. The number of carbonyl (C=O) groups is 1. The SMILES string of the molecule is CCCS(=O)(=O)N1CCN(C2(CNC(=O)c3ccccc3)CCC(Cl)C2Cl)CC1. The molecule has 0 spiro atoms. The van der Waals surface area contributed by atoms with Crippen molar-refractivity contribution in [2.45, 2.75) is 42.5 Å². The Balaban J connectivity index is 1.71. The third kappa shape index (κ3) is 4.90. The van der Waals surface area contributed by atoms with Gasteiger partial charge in [0, 0.05) is 38.3 Å². The Hall–Kier alpha value is -0.860. The Morgan fingerprint density at radius 3 is 2.38 bits per heavy atom. The number of amides is 1. The summed E-state index contributed by atoms with van der Waals surface area (Å²) in [6.07, 6.45) is 2.15. The Labute approximate surface area is 183 Å². The maximum Gasteiger partial charge on any atom is 0.251 e. The van der Waals surface area contributed by atoms with Crippen LogP contribution in [0.3, 0.4) is 0 Å². The predicted octanol–water partition coefficient (Wildman–Crippen LogP) is 2.52. The van der Waals surface area contributed by atoms with E-state index in [-0.39, 0.29) is 22.4 Å². The highest BCUT2D eigenvalue weighted by atomic mass is 35.5. The first-order valence-electron chi connectivity index (χ1n) is 10.1. The van der Waals surface area contributed by atoms with Gasteiger partial charge in [0.1, 0.15) is 0 Å². The lowest BCUT2D eigenvalue weighted by Gasteiger charge is -2.47. The minimum Gasteiger partial charge on any atom is -0.350 e. The number of hydrogen-bond donors (Lipinski definition) is 1. The lowest BCUT2D eigenvalue weighted by atomic mass is 9.93. The third-order valence-electron chi connectivity index (χ3n) is 6.00. The van der Waals surface area contributed by atoms with E-state index in [0.717, 1.165) is 12.8 Å². The molecule has 1 amide bonds. The lowest BCUT2D eigenvalue weighted by molar-refractivity contribution is 0.0562. The van der Waals surface area contributed by atoms with E-state index in [0.29, 0.717) is 44.7 Å². The van der Waals surface area contributed by atoms with Crippen LogP contribution in [0.2, 0.25) is 0 Å². The van der Waals surface area contributed by atoms with Gasteiger partial charge in [0.15, 0.2) is 0 Å². The Bertz CT molecular complexity index is 800. The van der Waals surface area contributed by atoms with Crippen molar-refractivity contribution in [1.29, 1.82) is 0 Å². The maximum atomic E-state index is 12.6. The second-order valence-corrected chi connectivity index (χ2v) is 10.9. The first-order chi connectivity index (χ1) is 13.8. The number of piperazine rings is 1. The Kier molecular flexibility index (Phi) is 7.49. The Morgan fingerprint density at radius 1 is 1.17 bits per heavy atom. The van der Waals surface area contributed by atoms with Gasteiger partial charge in [-0.2, -0.15) is 4.31 Å². The van der Waals surface area contributed by atoms with Crippen LogP contribution in [-0.4, -0.2) is 78.3 Å². The number of hydrogen-bond acceptors (Lipinski definition) is 4. The van der Waals surface area contributed by atoms with Gasteiger partial charge in [0.2, 0.25) is 10.0 Å². The highest BCUT2D eigenvalue weighted by Gasteiger charge is 2.51. The molecule has 1 aliphatic heterocycles. The zero-order chi connectivity index (χ0) is 21.1. The second kappa shape index (κ2) is 9.52. The van der Waals surface area contributed by atoms with Crippen LogP contribution in [0.4, 0.5) is 0 Å². The molecule has 9 heteroatoms. The van der Waals surface area contributed by atoms with E-state index in [2.05, 4.69) is 10.2 Å². The molecule has 6 nitrogen and oxygen atoms in total. The molecule has 1 aromatic rings. The molecule has 3 atom stereocenters. The number of halogens is 2. The van der Waals surface area contributed by atoms with Crippen LogP contribution in [0.1, 0.15) is 36.5 Å². The fourth-order valence-electron chi connectivity index (χ4n) is 4.36. The van der Waals surface area contributed by atoms with E-state index in [4.69, 9.17) is 23.2 Å². The fourth-order valence-corrected chi connectivity index (χ4v) is 6.65. The predicted molar refractivity (Wildman–Crippen MR) is 117 cm³/mol. The van der Waals surface area contributed by atoms with E-state index in [1.54, 1.807) is 16.4 Å². The number of nitrogens with one attached hydrogen (secondary N) is 1. The summed E-state index contributed by atoms with van der Waals surface area (Å²) in [6.45, 7) is 4.30. The molecule has 3 rings (SSSR count). The number of alkyl halides is 2. The summed E-state index contributed by atoms with van der Waals surface area (Å²) in [7, 11) is -3.21. The number of benzene rings is 1. The van der Waals surface area contributed by atoms with Crippen LogP contribution in [0.25, 0.3) is 0 Å². The summed E-state index contributed by atoms with van der Waals surface area (Å²) in [5.41, 5.74) is 0.128. The van der Waals surface area contributed by atoms with Crippen LogP contribution in [0.5, 0.6) is 0 Å². The summed E-state index contributed by atoms with van der Waals surface area (Å²) >= 11 is 13.2. The zero-order valence-electron chi connectivity index (χ0n) is 16.7. The highest BCUT2D eigenvalue weighted by Crippen LogP contribution is 2.42. The topological polar surface area (TPSA) is 69.7 Å². The molecule has 29 heavy (non-hydrogen) atoms. The van der Waals surface area contributed by atoms with Gasteiger partial charge >= 0.3 is 0 Å². The van der Waals surface area contributed by atoms with Crippen LogP contribution >= 0.6 is 23.2 Å². The lowest BCUT2D eigenvalue weighted by Crippen LogP contribution is -2.64. The van der Waals surface area contributed by atoms with Gasteiger partial charge in [-0.25, -0.2) is 8.42 Å². The monoisotopic (exact) mass is 461 g/mol. The van der Waals surface area contributed by atoms with Gasteiger partial charge in [-0.1, -0.05) is 25.1 Å². The van der Waals surface area contributed by atoms with Crippen molar-refractivity contribution in [3.63, 3.8) is 0 Å². The van der Waals surface area contributed by atoms with Crippen molar-refractivity contribution in [3.05, 3.63) is 35.9 Å². The molecule has 2 fully saturated rings. The molecular weight excluding hydrogens is 433 g/mol. The molecule has 0 radical (unpaired) electrons. The third-order valence-corrected chi connectivity index (χ3v) is 9.38. The van der Waals surface area contributed by atoms with Crippen LogP contribution in [0, 0.1) is 0 Å². The smallest absolute Gasteiger partial charge is 0.251 e. The molecule has 1 heterocycles. The summed E-state index contributed by atoms with van der Waals surface area (Å²) in [5.74, 6) is 0.0312. The molecule has 1 N–H and O–H groups in total. The van der Waals surface area contributed by atoms with Crippen molar-refractivity contribution in [1.82, 2.24) is 14.5 Å². The Morgan fingerprint density at radius 2 is 1.83 bits per heavy atom. The van der Waals surface area contributed by atoms with Gasteiger partial charge in [-0.15, -0.1) is 23.2 Å². The molecule has 0 aromatic heterocycles. The molecule has 1 saturated heterocycles. The van der Waals surface area contributed by atoms with E-state index >= 15 is 0 Å². The van der Waals surface area contributed by atoms with Crippen molar-refractivity contribution in [2.24, 2.45) is 0 Å². The van der Waals surface area contributed by atoms with Gasteiger partial charge in [0.05, 0.1) is 22.0 Å². The summed E-state index contributed by atoms with van der Waals surface area (Å²) in [4.78, 5) is 14.8. The number of rotatable bonds is 7. The quantitative estimate of drug-likeness (QED) is 0.633. The minimum atomic E-state index is -3.21. The first kappa shape index (κ1) is 22.8. The fraction of sp³-hybridized carbons (Fsp3) is 0.650. The summed E-state index contributed by atoms with van der Waals surface area (Å²) in [5, 5.41) is 2.54. The highest BCUT2D eigenvalue weighted by molar-refractivity contribution is 7.89. The van der Waals surface area contributed by atoms with E-state index in [1.165, 1.54) is 0 Å². The largest absolute Gasteiger partial charge is 0.350 e. The van der Waals surface area contributed by atoms with Crippen molar-refractivity contribution >= 4 is 39.1 Å². The van der Waals surface area contributed by atoms with Crippen molar-refractivity contribution in [3.8, 4) is 0 Å². The summed E-state index contributed by atoms with van der Waals surface area (Å²) < 4.78 is 26.3. The molecule has 1 aromatic carbocycles. The maximum absolute atomic E-state index is 12.6. The minimum absolute atomic E-state index is 0.143. The van der Waals surface area contributed by atoms with Gasteiger partial charge in [0.25, 0.3) is 5.91 Å². The van der Waals surface area contributed by atoms with Crippen LogP contribution < -0.4 is 5.32 Å². The number of sulfonamides is 1. The standard InChI is InChI=1S/C20H29Cl2N3O3S/c1-2-14-29(27,28)25-12-10-24(11-13-25)20(9-8-17(21)18(20)22)15-23-19(26)16-6-4-3-5-7-16/h3-7,17-18H,2,8-15H2,1H3,(H,23,26). The van der Waals surface area contributed by atoms with E-state index in [1.807, 2.05) is 25.1 Å². The second-order valence-electron chi connectivity index (χ2n) is 7.81. The van der Waals surface area contributed by atoms with Crippen LogP contribution in [-0.2, 0) is 10.0 Å². The molecule has 1 saturated carbocycles. The molecule has 162 valence electrons. The van der Waals surface area contributed by atoms with Gasteiger partial charge in [-0.05, 0) is 31.4 Å². The van der Waals surface area contributed by atoms with Crippen molar-refractivity contribution in [2.75, 3.05) is 38.5 Å². The van der Waals surface area contributed by atoms with Crippen LogP contribution in [0.15, 0.2) is 30.3 Å². The van der Waals surface area contributed by atoms with Gasteiger partial charge in [-0.3, -0.25) is 9.69 Å². The number of nitrogens with zero attached hydrogens (tertiary/aromatic N) is 2. The first-order valence-corrected chi connectivity index (χ1v) is 12.6. The average molecular weight is 462 g/mol. The zero-order valence-corrected chi connectivity index (χ0v) is 19.0. The van der Waals surface area contributed by atoms with Crippen molar-refractivity contribution < 1.29 is 13.2 Å². The average Bonchev–Trinajstić information content (AvgIpc) is 3.02. The molecule has 2 aliphatic rings.